The van der Waals surface area contributed by atoms with E-state index in [1.807, 2.05) is 0 Å². The first-order chi connectivity index (χ1) is 23.5. The van der Waals surface area contributed by atoms with E-state index in [4.69, 9.17) is 0 Å². The van der Waals surface area contributed by atoms with Crippen molar-refractivity contribution in [2.75, 3.05) is 0 Å². The zero-order valence-electron chi connectivity index (χ0n) is 32.0. The number of fused-ring (bicyclic) bond motifs is 2. The van der Waals surface area contributed by atoms with Gasteiger partial charge in [0.2, 0.25) is 0 Å². The van der Waals surface area contributed by atoms with Crippen LogP contribution in [0.15, 0.2) is 109 Å². The molecule has 0 amide bonds. The maximum atomic E-state index is 3.06. The van der Waals surface area contributed by atoms with Gasteiger partial charge in [-0.3, -0.25) is 0 Å². The van der Waals surface area contributed by atoms with Crippen LogP contribution in [0, 0.1) is 21.8 Å². The van der Waals surface area contributed by atoms with E-state index in [0.29, 0.717) is 5.92 Å². The molecule has 0 unspecified atom stereocenters. The molecule has 6 aromatic rings. The first-order valence-electron chi connectivity index (χ1n) is 18.3. The van der Waals surface area contributed by atoms with Gasteiger partial charge in [0, 0.05) is 0 Å². The first-order valence-corrected chi connectivity index (χ1v) is 22.5. The van der Waals surface area contributed by atoms with Crippen molar-refractivity contribution >= 4 is 53.2 Å². The molecule has 0 aromatic heterocycles. The van der Waals surface area contributed by atoms with E-state index >= 15 is 0 Å². The van der Waals surface area contributed by atoms with Crippen LogP contribution < -0.4 is 0 Å². The van der Waals surface area contributed by atoms with Crippen LogP contribution >= 0.6 is 24.8 Å². The number of hydrogen-bond donors (Lipinski definition) is 0. The standard InChI is InChI=1S/C24H27.C22H23.2CH3.2ClH.Si.Zr/c1-17(2)22-15-21-9-6-10-23(24(21)16-22)20-13-11-19(12-14-20)18-7-4-3-5-8-18;1-16-14-20-8-5-9-21(22(20)15-16)19-12-10-18(11-13-19)17-6-3-2-4-7-17;;;;;;/h6,9-18H,3-5,7-8H2,1-2H3;5,8-15,17H,2-4,6-7H2,1H3;2*1H3;2*1H;;/q4*-1;;;;. The van der Waals surface area contributed by atoms with Crippen molar-refractivity contribution < 1.29 is 23.3 Å². The predicted octanol–water partition coefficient (Wildman–Crippen LogP) is 15.3. The van der Waals surface area contributed by atoms with Crippen molar-refractivity contribution in [3.63, 3.8) is 0 Å². The third-order valence-electron chi connectivity index (χ3n) is 10.9. The number of halogens is 2. The van der Waals surface area contributed by atoms with Gasteiger partial charge in [0.05, 0.1) is 0 Å². The van der Waals surface area contributed by atoms with Crippen molar-refractivity contribution in [3.8, 4) is 22.3 Å². The van der Waals surface area contributed by atoms with Crippen LogP contribution in [-0.4, -0.2) is 6.88 Å². The van der Waals surface area contributed by atoms with Crippen molar-refractivity contribution in [2.24, 2.45) is 0 Å². The number of aryl methyl sites for hydroxylation is 1. The van der Waals surface area contributed by atoms with Gasteiger partial charge in [0.15, 0.2) is 0 Å². The summed E-state index contributed by atoms with van der Waals surface area (Å²) in [4.78, 5) is 0. The molecular formula is C48H58Cl2SiZr-4. The van der Waals surface area contributed by atoms with Gasteiger partial charge in [-0.2, -0.15) is 12.1 Å². The number of rotatable bonds is 5. The Hall–Kier alpha value is -2.22. The Morgan fingerprint density at radius 2 is 0.962 bits per heavy atom. The molecule has 0 bridgehead atoms. The SMILES string of the molecule is CC(C)c1cc2c(-c3ccc(C4CCCCC4)cc3)cccc2[cH-]1.Cc1cc2c(-c3ccc(C4CCCCC4)cc3)cccc2[cH-]1.Cl.Cl.[CH3-].[CH3-].[Si]=[Zr]. The second-order valence-corrected chi connectivity index (χ2v) is 14.5. The van der Waals surface area contributed by atoms with Crippen molar-refractivity contribution in [1.82, 2.24) is 0 Å². The molecule has 4 heteroatoms. The number of hydrogen-bond acceptors (Lipinski definition) is 0. The molecule has 0 N–H and O–H groups in total. The Balaban J connectivity index is 0.000000321. The van der Waals surface area contributed by atoms with E-state index in [0.717, 1.165) is 11.8 Å². The van der Waals surface area contributed by atoms with Crippen LogP contribution in [0.2, 0.25) is 0 Å². The Morgan fingerprint density at radius 1 is 0.558 bits per heavy atom. The zero-order chi connectivity index (χ0) is 33.5. The quantitative estimate of drug-likeness (QED) is 0.120. The summed E-state index contributed by atoms with van der Waals surface area (Å²) in [5, 5.41) is 5.50. The summed E-state index contributed by atoms with van der Waals surface area (Å²) in [6.45, 7) is 9.78. The van der Waals surface area contributed by atoms with Crippen LogP contribution in [0.25, 0.3) is 43.8 Å². The molecule has 0 atom stereocenters. The predicted molar refractivity (Wildman–Crippen MR) is 234 cm³/mol. The summed E-state index contributed by atoms with van der Waals surface area (Å²) < 4.78 is 0. The van der Waals surface area contributed by atoms with E-state index in [1.54, 1.807) is 0 Å². The Morgan fingerprint density at radius 3 is 1.38 bits per heavy atom. The van der Waals surface area contributed by atoms with Crippen molar-refractivity contribution in [1.29, 1.82) is 0 Å². The van der Waals surface area contributed by atoms with E-state index in [2.05, 4.69) is 137 Å². The van der Waals surface area contributed by atoms with Crippen LogP contribution in [0.3, 0.4) is 0 Å². The molecular weight excluding hydrogens is 767 g/mol. The van der Waals surface area contributed by atoms with E-state index < -0.39 is 0 Å². The third kappa shape index (κ3) is 10.9. The molecule has 2 fully saturated rings. The topological polar surface area (TPSA) is 0 Å². The average Bonchev–Trinajstić information content (AvgIpc) is 3.77. The second-order valence-electron chi connectivity index (χ2n) is 14.5. The third-order valence-corrected chi connectivity index (χ3v) is 10.9. The fourth-order valence-electron chi connectivity index (χ4n) is 8.22. The number of benzene rings is 4. The zero-order valence-corrected chi connectivity index (χ0v) is 37.1. The summed E-state index contributed by atoms with van der Waals surface area (Å²) in [5.74, 6) is 2.16. The fourth-order valence-corrected chi connectivity index (χ4v) is 8.22. The first kappa shape index (κ1) is 45.9. The Labute approximate surface area is 345 Å². The van der Waals surface area contributed by atoms with Crippen LogP contribution in [0.1, 0.15) is 118 Å². The molecule has 0 saturated heterocycles. The van der Waals surface area contributed by atoms with Crippen LogP contribution in [-0.2, 0) is 23.3 Å². The van der Waals surface area contributed by atoms with Gasteiger partial charge in [0.25, 0.3) is 0 Å². The van der Waals surface area contributed by atoms with Crippen molar-refractivity contribution in [3.05, 3.63) is 146 Å². The molecule has 2 aliphatic rings. The van der Waals surface area contributed by atoms with Gasteiger partial charge in [-0.1, -0.05) is 131 Å². The van der Waals surface area contributed by atoms with Crippen LogP contribution in [0.4, 0.5) is 0 Å². The molecule has 8 rings (SSSR count). The molecule has 0 heterocycles. The summed E-state index contributed by atoms with van der Waals surface area (Å²) in [5.41, 5.74) is 11.3. The summed E-state index contributed by atoms with van der Waals surface area (Å²) in [6, 6.07) is 41.4. The van der Waals surface area contributed by atoms with Gasteiger partial charge < -0.3 is 14.9 Å². The van der Waals surface area contributed by atoms with Gasteiger partial charge >= 0.3 is 30.2 Å². The van der Waals surface area contributed by atoms with E-state index in [9.17, 15) is 0 Å². The average molecular weight is 825 g/mol. The molecule has 2 aliphatic carbocycles. The fraction of sp³-hybridized carbons (Fsp3) is 0.333. The van der Waals surface area contributed by atoms with Gasteiger partial charge in [-0.15, -0.1) is 93.9 Å². The molecule has 0 nitrogen and oxygen atoms in total. The molecule has 2 saturated carbocycles. The minimum atomic E-state index is 0. The van der Waals surface area contributed by atoms with Gasteiger partial charge in [0.1, 0.15) is 0 Å². The molecule has 0 aliphatic heterocycles. The molecule has 0 spiro atoms. The van der Waals surface area contributed by atoms with Crippen LogP contribution in [0.5, 0.6) is 0 Å². The summed E-state index contributed by atoms with van der Waals surface area (Å²) >= 11 is 1.36. The van der Waals surface area contributed by atoms with E-state index in [-0.39, 0.29) is 39.7 Å². The molecule has 6 aromatic carbocycles. The summed E-state index contributed by atoms with van der Waals surface area (Å²) in [6.07, 6.45) is 13.9. The van der Waals surface area contributed by atoms with Gasteiger partial charge in [-0.25, -0.2) is 0 Å². The van der Waals surface area contributed by atoms with Crippen molar-refractivity contribution in [2.45, 2.75) is 103 Å². The second kappa shape index (κ2) is 22.2. The monoisotopic (exact) mass is 822 g/mol. The molecule has 52 heavy (non-hydrogen) atoms. The molecule has 276 valence electrons. The maximum absolute atomic E-state index is 3.06. The Kier molecular flexibility index (Phi) is 19.6. The Bertz CT molecular complexity index is 1900. The van der Waals surface area contributed by atoms with E-state index in [1.165, 1.54) is 154 Å². The summed E-state index contributed by atoms with van der Waals surface area (Å²) in [7, 11) is 0. The minimum absolute atomic E-state index is 0. The normalized spacial score (nSPS) is 14.4. The molecule has 2 radical (unpaired) electrons. The van der Waals surface area contributed by atoms with Gasteiger partial charge in [-0.05, 0) is 65.7 Å².